The van der Waals surface area contributed by atoms with E-state index in [2.05, 4.69) is 4.98 Å². The Kier molecular flexibility index (Phi) is 3.97. The fraction of sp³-hybridized carbons (Fsp3) is 0.571. The average Bonchev–Trinajstić information content (AvgIpc) is 2.34. The van der Waals surface area contributed by atoms with Gasteiger partial charge in [0.05, 0.1) is 6.42 Å². The standard InChI is InChI=1S/C14H21N3O/c1-17(11-14(10-15)5-3-6-14)13(18)8-12-4-2-7-16-9-12/h2,4,7,9H,3,5-6,8,10-11,15H2,1H3. The van der Waals surface area contributed by atoms with E-state index < -0.39 is 0 Å². The minimum atomic E-state index is 0.141. The smallest absolute Gasteiger partial charge is 0.226 e. The molecule has 0 aliphatic heterocycles. The zero-order chi connectivity index (χ0) is 13.0. The summed E-state index contributed by atoms with van der Waals surface area (Å²) in [6.45, 7) is 1.46. The molecule has 0 aromatic carbocycles. The number of pyridine rings is 1. The van der Waals surface area contributed by atoms with Crippen LogP contribution in [0.5, 0.6) is 0 Å². The van der Waals surface area contributed by atoms with E-state index in [4.69, 9.17) is 5.73 Å². The van der Waals surface area contributed by atoms with E-state index in [1.54, 1.807) is 12.4 Å². The molecule has 1 aromatic heterocycles. The summed E-state index contributed by atoms with van der Waals surface area (Å²) in [5.74, 6) is 0.141. The van der Waals surface area contributed by atoms with Crippen molar-refractivity contribution >= 4 is 5.91 Å². The number of carbonyl (C=O) groups excluding carboxylic acids is 1. The Morgan fingerprint density at radius 2 is 2.33 bits per heavy atom. The van der Waals surface area contributed by atoms with Crippen LogP contribution in [-0.4, -0.2) is 35.9 Å². The SMILES string of the molecule is CN(CC1(CN)CCC1)C(=O)Cc1cccnc1. The molecule has 18 heavy (non-hydrogen) atoms. The Labute approximate surface area is 108 Å². The summed E-state index contributed by atoms with van der Waals surface area (Å²) in [6, 6.07) is 3.79. The van der Waals surface area contributed by atoms with Crippen molar-refractivity contribution in [3.05, 3.63) is 30.1 Å². The van der Waals surface area contributed by atoms with Gasteiger partial charge in [-0.25, -0.2) is 0 Å². The molecule has 1 amide bonds. The molecule has 0 spiro atoms. The molecular weight excluding hydrogens is 226 g/mol. The van der Waals surface area contributed by atoms with Gasteiger partial charge in [-0.3, -0.25) is 9.78 Å². The van der Waals surface area contributed by atoms with Crippen LogP contribution in [0.4, 0.5) is 0 Å². The monoisotopic (exact) mass is 247 g/mol. The average molecular weight is 247 g/mol. The molecule has 1 heterocycles. The van der Waals surface area contributed by atoms with Gasteiger partial charge in [0.2, 0.25) is 5.91 Å². The van der Waals surface area contributed by atoms with Crippen LogP contribution in [0.2, 0.25) is 0 Å². The molecule has 0 radical (unpaired) electrons. The van der Waals surface area contributed by atoms with Gasteiger partial charge in [0.1, 0.15) is 0 Å². The fourth-order valence-corrected chi connectivity index (χ4v) is 2.51. The van der Waals surface area contributed by atoms with E-state index in [9.17, 15) is 4.79 Å². The van der Waals surface area contributed by atoms with E-state index >= 15 is 0 Å². The van der Waals surface area contributed by atoms with Crippen LogP contribution in [0, 0.1) is 5.41 Å². The van der Waals surface area contributed by atoms with E-state index in [0.717, 1.165) is 24.9 Å². The van der Waals surface area contributed by atoms with Gasteiger partial charge in [-0.15, -0.1) is 0 Å². The number of hydrogen-bond acceptors (Lipinski definition) is 3. The first-order valence-electron chi connectivity index (χ1n) is 6.48. The highest BCUT2D eigenvalue weighted by Crippen LogP contribution is 2.40. The summed E-state index contributed by atoms with van der Waals surface area (Å²) in [5, 5.41) is 0. The summed E-state index contributed by atoms with van der Waals surface area (Å²) in [4.78, 5) is 17.9. The summed E-state index contributed by atoms with van der Waals surface area (Å²) in [7, 11) is 1.87. The minimum absolute atomic E-state index is 0.141. The van der Waals surface area contributed by atoms with Crippen LogP contribution in [0.15, 0.2) is 24.5 Å². The van der Waals surface area contributed by atoms with E-state index in [1.165, 1.54) is 6.42 Å². The zero-order valence-electron chi connectivity index (χ0n) is 10.9. The van der Waals surface area contributed by atoms with Crippen molar-refractivity contribution in [2.45, 2.75) is 25.7 Å². The van der Waals surface area contributed by atoms with Crippen LogP contribution in [-0.2, 0) is 11.2 Å². The molecule has 2 N–H and O–H groups in total. The Hall–Kier alpha value is -1.42. The van der Waals surface area contributed by atoms with Crippen LogP contribution in [0.3, 0.4) is 0 Å². The van der Waals surface area contributed by atoms with Gasteiger partial charge in [-0.2, -0.15) is 0 Å². The van der Waals surface area contributed by atoms with Crippen molar-refractivity contribution in [3.8, 4) is 0 Å². The predicted octanol–water partition coefficient (Wildman–Crippen LogP) is 1.21. The van der Waals surface area contributed by atoms with Crippen molar-refractivity contribution < 1.29 is 4.79 Å². The lowest BCUT2D eigenvalue weighted by molar-refractivity contribution is -0.131. The molecule has 1 saturated carbocycles. The number of rotatable bonds is 5. The topological polar surface area (TPSA) is 59.2 Å². The van der Waals surface area contributed by atoms with Crippen molar-refractivity contribution in [3.63, 3.8) is 0 Å². The van der Waals surface area contributed by atoms with Gasteiger partial charge in [-0.1, -0.05) is 12.5 Å². The number of aromatic nitrogens is 1. The third kappa shape index (κ3) is 2.88. The molecule has 1 fully saturated rings. The minimum Gasteiger partial charge on any atom is -0.345 e. The number of nitrogens with two attached hydrogens (primary N) is 1. The second-order valence-corrected chi connectivity index (χ2v) is 5.35. The second kappa shape index (κ2) is 5.48. The molecule has 0 bridgehead atoms. The number of likely N-dealkylation sites (N-methyl/N-ethyl adjacent to an activating group) is 1. The molecule has 4 heteroatoms. The van der Waals surface area contributed by atoms with E-state index in [0.29, 0.717) is 13.0 Å². The van der Waals surface area contributed by atoms with Gasteiger partial charge < -0.3 is 10.6 Å². The lowest BCUT2D eigenvalue weighted by atomic mass is 9.68. The molecule has 98 valence electrons. The quantitative estimate of drug-likeness (QED) is 0.851. The lowest BCUT2D eigenvalue weighted by Gasteiger charge is -2.43. The van der Waals surface area contributed by atoms with Crippen LogP contribution in [0.1, 0.15) is 24.8 Å². The Morgan fingerprint density at radius 1 is 1.56 bits per heavy atom. The fourth-order valence-electron chi connectivity index (χ4n) is 2.51. The third-order valence-corrected chi connectivity index (χ3v) is 3.92. The van der Waals surface area contributed by atoms with Crippen molar-refractivity contribution in [1.29, 1.82) is 0 Å². The second-order valence-electron chi connectivity index (χ2n) is 5.35. The summed E-state index contributed by atoms with van der Waals surface area (Å²) < 4.78 is 0. The largest absolute Gasteiger partial charge is 0.345 e. The van der Waals surface area contributed by atoms with Crippen LogP contribution >= 0.6 is 0 Å². The van der Waals surface area contributed by atoms with Gasteiger partial charge in [0.25, 0.3) is 0 Å². The van der Waals surface area contributed by atoms with Gasteiger partial charge >= 0.3 is 0 Å². The van der Waals surface area contributed by atoms with Crippen LogP contribution < -0.4 is 5.73 Å². The maximum absolute atomic E-state index is 12.1. The highest BCUT2D eigenvalue weighted by Gasteiger charge is 2.37. The number of hydrogen-bond donors (Lipinski definition) is 1. The van der Waals surface area contributed by atoms with Gasteiger partial charge in [0.15, 0.2) is 0 Å². The van der Waals surface area contributed by atoms with Gasteiger partial charge in [0, 0.05) is 31.4 Å². The maximum Gasteiger partial charge on any atom is 0.226 e. The Balaban J connectivity index is 1.89. The van der Waals surface area contributed by atoms with Crippen molar-refractivity contribution in [2.75, 3.05) is 20.1 Å². The van der Waals surface area contributed by atoms with Crippen molar-refractivity contribution in [2.24, 2.45) is 11.1 Å². The Bertz CT molecular complexity index is 395. The molecule has 1 aliphatic rings. The van der Waals surface area contributed by atoms with Gasteiger partial charge in [-0.05, 0) is 31.0 Å². The van der Waals surface area contributed by atoms with Crippen LogP contribution in [0.25, 0.3) is 0 Å². The predicted molar refractivity (Wildman–Crippen MR) is 70.9 cm³/mol. The highest BCUT2D eigenvalue weighted by molar-refractivity contribution is 5.78. The summed E-state index contributed by atoms with van der Waals surface area (Å²) >= 11 is 0. The molecule has 1 aliphatic carbocycles. The molecule has 0 saturated heterocycles. The number of nitrogens with zero attached hydrogens (tertiary/aromatic N) is 2. The first kappa shape index (κ1) is 13.0. The van der Waals surface area contributed by atoms with E-state index in [-0.39, 0.29) is 11.3 Å². The first-order chi connectivity index (χ1) is 8.65. The number of carbonyl (C=O) groups is 1. The number of amides is 1. The molecule has 0 atom stereocenters. The normalized spacial score (nSPS) is 17.0. The molecule has 4 nitrogen and oxygen atoms in total. The summed E-state index contributed by atoms with van der Waals surface area (Å²) in [6.07, 6.45) is 7.41. The summed E-state index contributed by atoms with van der Waals surface area (Å²) in [5.41, 5.74) is 6.96. The van der Waals surface area contributed by atoms with E-state index in [1.807, 2.05) is 24.1 Å². The zero-order valence-corrected chi connectivity index (χ0v) is 10.9. The molecule has 2 rings (SSSR count). The maximum atomic E-state index is 12.1. The first-order valence-corrected chi connectivity index (χ1v) is 6.48. The Morgan fingerprint density at radius 3 is 2.83 bits per heavy atom. The third-order valence-electron chi connectivity index (χ3n) is 3.92. The lowest BCUT2D eigenvalue weighted by Crippen LogP contribution is -2.47. The highest BCUT2D eigenvalue weighted by atomic mass is 16.2. The van der Waals surface area contributed by atoms with Crippen molar-refractivity contribution in [1.82, 2.24) is 9.88 Å². The molecule has 1 aromatic rings. The molecule has 0 unspecified atom stereocenters. The molecular formula is C14H21N3O.